The molecule has 0 bridgehead atoms. The van der Waals surface area contributed by atoms with Gasteiger partial charge in [-0.15, -0.1) is 0 Å². The molecule has 57 valence electrons. The molecule has 0 spiro atoms. The molecule has 11 heavy (non-hydrogen) atoms. The van der Waals surface area contributed by atoms with Crippen molar-refractivity contribution >= 4 is 0 Å². The van der Waals surface area contributed by atoms with Crippen LogP contribution in [-0.4, -0.2) is 18.0 Å². The van der Waals surface area contributed by atoms with Crippen molar-refractivity contribution < 1.29 is 0 Å². The van der Waals surface area contributed by atoms with Crippen LogP contribution in [0.4, 0.5) is 0 Å². The molecule has 1 fully saturated rings. The Labute approximate surface area is 67.6 Å². The first-order valence-corrected chi connectivity index (χ1v) is 4.03. The van der Waals surface area contributed by atoms with E-state index >= 15 is 0 Å². The Morgan fingerprint density at radius 3 is 2.36 bits per heavy atom. The predicted molar refractivity (Wildman–Crippen MR) is 46.0 cm³/mol. The molecule has 1 aliphatic rings. The number of hydrogen-bond donors (Lipinski definition) is 0. The van der Waals surface area contributed by atoms with Crippen molar-refractivity contribution in [1.29, 1.82) is 0 Å². The van der Waals surface area contributed by atoms with Crippen LogP contribution in [0.15, 0.2) is 30.3 Å². The molecule has 2 rings (SSSR count). The minimum Gasteiger partial charge on any atom is -0.298 e. The third-order valence-corrected chi connectivity index (χ3v) is 2.02. The van der Waals surface area contributed by atoms with Gasteiger partial charge >= 0.3 is 0 Å². The molecule has 0 amide bonds. The first kappa shape index (κ1) is 6.86. The number of nitrogens with zero attached hydrogens (tertiary/aromatic N) is 1. The van der Waals surface area contributed by atoms with Crippen LogP contribution in [0.5, 0.6) is 0 Å². The molecule has 0 aliphatic carbocycles. The maximum atomic E-state index is 2.41. The highest BCUT2D eigenvalue weighted by molar-refractivity contribution is 5.15. The summed E-state index contributed by atoms with van der Waals surface area (Å²) < 4.78 is 0. The summed E-state index contributed by atoms with van der Waals surface area (Å²) in [7, 11) is 0. The Morgan fingerprint density at radius 2 is 1.82 bits per heavy atom. The van der Waals surface area contributed by atoms with E-state index in [9.17, 15) is 0 Å². The van der Waals surface area contributed by atoms with Crippen molar-refractivity contribution in [2.24, 2.45) is 0 Å². The number of rotatable bonds is 2. The lowest BCUT2D eigenvalue weighted by molar-refractivity contribution is 0.235. The predicted octanol–water partition coefficient (Wildman–Crippen LogP) is 1.71. The van der Waals surface area contributed by atoms with Gasteiger partial charge in [0, 0.05) is 19.6 Å². The van der Waals surface area contributed by atoms with Crippen molar-refractivity contribution in [2.75, 3.05) is 13.1 Å². The Kier molecular flexibility index (Phi) is 1.91. The van der Waals surface area contributed by atoms with E-state index < -0.39 is 0 Å². The summed E-state index contributed by atoms with van der Waals surface area (Å²) in [5.41, 5.74) is 1.42. The molecule has 0 aromatic heterocycles. The highest BCUT2D eigenvalue weighted by Gasteiger charge is 2.13. The quantitative estimate of drug-likeness (QED) is 0.614. The van der Waals surface area contributed by atoms with Gasteiger partial charge in [-0.2, -0.15) is 0 Å². The van der Waals surface area contributed by atoms with Crippen molar-refractivity contribution in [3.05, 3.63) is 42.3 Å². The molecule has 1 radical (unpaired) electrons. The molecule has 0 N–H and O–H groups in total. The molecular formula is C10H12N. The minimum absolute atomic E-state index is 1.11. The summed E-state index contributed by atoms with van der Waals surface area (Å²) >= 11 is 0. The first-order valence-electron chi connectivity index (χ1n) is 4.03. The lowest BCUT2D eigenvalue weighted by Gasteiger charge is -2.30. The lowest BCUT2D eigenvalue weighted by atomic mass is 10.1. The Balaban J connectivity index is 1.95. The van der Waals surface area contributed by atoms with Gasteiger partial charge in [-0.3, -0.25) is 4.90 Å². The van der Waals surface area contributed by atoms with Gasteiger partial charge in [0.05, 0.1) is 0 Å². The van der Waals surface area contributed by atoms with Crippen LogP contribution < -0.4 is 0 Å². The SMILES string of the molecule is [CH]1CN(Cc2ccccc2)C1. The third kappa shape index (κ3) is 1.60. The molecule has 1 heteroatoms. The van der Waals surface area contributed by atoms with Crippen LogP contribution in [0.2, 0.25) is 0 Å². The Bertz CT molecular complexity index is 214. The van der Waals surface area contributed by atoms with Crippen LogP contribution in [0.1, 0.15) is 5.56 Å². The molecule has 1 nitrogen and oxygen atoms in total. The highest BCUT2D eigenvalue weighted by Crippen LogP contribution is 2.10. The summed E-state index contributed by atoms with van der Waals surface area (Å²) in [6, 6.07) is 10.6. The zero-order chi connectivity index (χ0) is 7.52. The van der Waals surface area contributed by atoms with E-state index in [-0.39, 0.29) is 0 Å². The number of hydrogen-bond acceptors (Lipinski definition) is 1. The van der Waals surface area contributed by atoms with Crippen molar-refractivity contribution in [3.63, 3.8) is 0 Å². The van der Waals surface area contributed by atoms with Crippen molar-refractivity contribution in [3.8, 4) is 0 Å². The first-order chi connectivity index (χ1) is 5.45. The third-order valence-electron chi connectivity index (χ3n) is 2.02. The van der Waals surface area contributed by atoms with Crippen LogP contribution in [0.25, 0.3) is 0 Å². The summed E-state index contributed by atoms with van der Waals surface area (Å²) in [6.45, 7) is 3.43. The van der Waals surface area contributed by atoms with Gasteiger partial charge in [0.1, 0.15) is 0 Å². The van der Waals surface area contributed by atoms with Gasteiger partial charge in [0.25, 0.3) is 0 Å². The van der Waals surface area contributed by atoms with E-state index in [1.165, 1.54) is 5.56 Å². The highest BCUT2D eigenvalue weighted by atomic mass is 15.2. The standard InChI is InChI=1S/C10H12N/c1-2-5-10(6-3-1)9-11-7-4-8-11/h1-6H,7-9H2. The fourth-order valence-electron chi connectivity index (χ4n) is 1.28. The molecule has 1 aliphatic heterocycles. The molecule has 1 aromatic carbocycles. The van der Waals surface area contributed by atoms with Gasteiger partial charge < -0.3 is 0 Å². The molecule has 0 saturated carbocycles. The maximum Gasteiger partial charge on any atom is 0.0233 e. The minimum atomic E-state index is 1.11. The van der Waals surface area contributed by atoms with E-state index in [1.807, 2.05) is 0 Å². The molecule has 1 aromatic rings. The fraction of sp³-hybridized carbons (Fsp3) is 0.300. The Hall–Kier alpha value is -0.820. The van der Waals surface area contributed by atoms with Gasteiger partial charge in [0.15, 0.2) is 0 Å². The largest absolute Gasteiger partial charge is 0.298 e. The summed E-state index contributed by atoms with van der Waals surface area (Å²) in [6.07, 6.45) is 2.29. The topological polar surface area (TPSA) is 3.24 Å². The zero-order valence-corrected chi connectivity index (χ0v) is 6.53. The van der Waals surface area contributed by atoms with Crippen molar-refractivity contribution in [1.82, 2.24) is 4.90 Å². The molecule has 0 atom stereocenters. The summed E-state index contributed by atoms with van der Waals surface area (Å²) in [4.78, 5) is 2.41. The van der Waals surface area contributed by atoms with Crippen LogP contribution in [-0.2, 0) is 6.54 Å². The van der Waals surface area contributed by atoms with Crippen LogP contribution in [0.3, 0.4) is 0 Å². The van der Waals surface area contributed by atoms with Gasteiger partial charge in [-0.1, -0.05) is 30.3 Å². The second-order valence-electron chi connectivity index (χ2n) is 2.97. The normalized spacial score (nSPS) is 17.8. The average molecular weight is 146 g/mol. The lowest BCUT2D eigenvalue weighted by Crippen LogP contribution is -2.36. The summed E-state index contributed by atoms with van der Waals surface area (Å²) in [5.74, 6) is 0. The summed E-state index contributed by atoms with van der Waals surface area (Å²) in [5, 5.41) is 0. The van der Waals surface area contributed by atoms with E-state index in [2.05, 4.69) is 41.7 Å². The zero-order valence-electron chi connectivity index (χ0n) is 6.53. The van der Waals surface area contributed by atoms with E-state index in [0.717, 1.165) is 19.6 Å². The van der Waals surface area contributed by atoms with E-state index in [0.29, 0.717) is 0 Å². The molecular weight excluding hydrogens is 134 g/mol. The molecule has 1 heterocycles. The van der Waals surface area contributed by atoms with Gasteiger partial charge in [0.2, 0.25) is 0 Å². The maximum absolute atomic E-state index is 2.41. The second-order valence-corrected chi connectivity index (χ2v) is 2.97. The molecule has 1 saturated heterocycles. The van der Waals surface area contributed by atoms with Gasteiger partial charge in [-0.25, -0.2) is 0 Å². The van der Waals surface area contributed by atoms with Gasteiger partial charge in [-0.05, 0) is 12.0 Å². The van der Waals surface area contributed by atoms with E-state index in [1.54, 1.807) is 0 Å². The smallest absolute Gasteiger partial charge is 0.0233 e. The molecule has 0 unspecified atom stereocenters. The van der Waals surface area contributed by atoms with Crippen molar-refractivity contribution in [2.45, 2.75) is 6.54 Å². The number of benzene rings is 1. The second kappa shape index (κ2) is 3.05. The van der Waals surface area contributed by atoms with E-state index in [4.69, 9.17) is 0 Å². The van der Waals surface area contributed by atoms with Crippen LogP contribution >= 0.6 is 0 Å². The average Bonchev–Trinajstić information content (AvgIpc) is 1.99. The van der Waals surface area contributed by atoms with Crippen LogP contribution in [0, 0.1) is 6.42 Å². The Morgan fingerprint density at radius 1 is 1.09 bits per heavy atom. The fourth-order valence-corrected chi connectivity index (χ4v) is 1.28. The monoisotopic (exact) mass is 146 g/mol. The number of likely N-dealkylation sites (tertiary alicyclic amines) is 1.